The van der Waals surface area contributed by atoms with Gasteiger partial charge in [-0.05, 0) is 24.3 Å². The maximum atomic E-state index is 9.20. The van der Waals surface area contributed by atoms with Gasteiger partial charge >= 0.3 is 0 Å². The Hall–Kier alpha value is -0.160. The van der Waals surface area contributed by atoms with Crippen molar-refractivity contribution in [3.63, 3.8) is 0 Å². The summed E-state index contributed by atoms with van der Waals surface area (Å²) in [4.78, 5) is 2.44. The molecule has 0 saturated carbocycles. The van der Waals surface area contributed by atoms with Crippen LogP contribution >= 0.6 is 0 Å². The summed E-state index contributed by atoms with van der Waals surface area (Å²) >= 11 is 0. The first-order valence-corrected chi connectivity index (χ1v) is 7.64. The quantitative estimate of drug-likeness (QED) is 0.700. The smallest absolute Gasteiger partial charge is 0.0932 e. The third kappa shape index (κ3) is 6.21. The minimum atomic E-state index is -0.00141. The van der Waals surface area contributed by atoms with E-state index in [2.05, 4.69) is 37.9 Å². The molecule has 0 aliphatic carbocycles. The third-order valence-corrected chi connectivity index (χ3v) is 3.99. The number of nitrogens with one attached hydrogen (secondary N) is 1. The Bertz CT molecular complexity index is 248. The SMILES string of the molecule is CCC(C)(CNCC(C)C)CN1CCOC(CO)C1. The molecule has 0 radical (unpaired) electrons. The lowest BCUT2D eigenvalue weighted by molar-refractivity contribution is -0.0617. The highest BCUT2D eigenvalue weighted by atomic mass is 16.5. The zero-order valence-electron chi connectivity index (χ0n) is 13.1. The Morgan fingerprint density at radius 2 is 2.21 bits per heavy atom. The van der Waals surface area contributed by atoms with Gasteiger partial charge in [-0.3, -0.25) is 4.90 Å². The molecule has 0 aromatic heterocycles. The molecule has 0 bridgehead atoms. The standard InChI is InChI=1S/C15H32N2O2/c1-5-15(4,11-16-8-13(2)3)12-17-6-7-19-14(9-17)10-18/h13-14,16,18H,5-12H2,1-4H3. The minimum absolute atomic E-state index is 0.00141. The number of aliphatic hydroxyl groups excluding tert-OH is 1. The van der Waals surface area contributed by atoms with Crippen LogP contribution in [0.25, 0.3) is 0 Å². The maximum Gasteiger partial charge on any atom is 0.0932 e. The summed E-state index contributed by atoms with van der Waals surface area (Å²) in [6.45, 7) is 15.0. The van der Waals surface area contributed by atoms with Gasteiger partial charge in [0.2, 0.25) is 0 Å². The van der Waals surface area contributed by atoms with E-state index in [1.807, 2.05) is 0 Å². The average molecular weight is 272 g/mol. The lowest BCUT2D eigenvalue weighted by atomic mass is 9.86. The van der Waals surface area contributed by atoms with Gasteiger partial charge in [-0.2, -0.15) is 0 Å². The van der Waals surface area contributed by atoms with Crippen molar-refractivity contribution in [3.8, 4) is 0 Å². The van der Waals surface area contributed by atoms with Crippen molar-refractivity contribution in [2.24, 2.45) is 11.3 Å². The molecule has 1 rings (SSSR count). The van der Waals surface area contributed by atoms with Gasteiger partial charge in [0.15, 0.2) is 0 Å². The Morgan fingerprint density at radius 3 is 2.79 bits per heavy atom. The molecule has 1 heterocycles. The van der Waals surface area contributed by atoms with Gasteiger partial charge in [0.1, 0.15) is 0 Å². The first kappa shape index (κ1) is 16.9. The molecule has 1 aliphatic heterocycles. The number of hydrogen-bond donors (Lipinski definition) is 2. The number of hydrogen-bond acceptors (Lipinski definition) is 4. The summed E-state index contributed by atoms with van der Waals surface area (Å²) in [5.74, 6) is 0.697. The van der Waals surface area contributed by atoms with Crippen LogP contribution in [0.1, 0.15) is 34.1 Å². The zero-order valence-corrected chi connectivity index (χ0v) is 13.1. The van der Waals surface area contributed by atoms with Crippen molar-refractivity contribution < 1.29 is 9.84 Å². The molecule has 2 N–H and O–H groups in total. The molecule has 1 saturated heterocycles. The van der Waals surface area contributed by atoms with Gasteiger partial charge in [0.25, 0.3) is 0 Å². The van der Waals surface area contributed by atoms with Crippen LogP contribution in [0.2, 0.25) is 0 Å². The number of morpholine rings is 1. The molecule has 4 heteroatoms. The number of aliphatic hydroxyl groups is 1. The highest BCUT2D eigenvalue weighted by Crippen LogP contribution is 2.23. The van der Waals surface area contributed by atoms with E-state index in [1.54, 1.807) is 0 Å². The van der Waals surface area contributed by atoms with Crippen LogP contribution in [0, 0.1) is 11.3 Å². The first-order valence-electron chi connectivity index (χ1n) is 7.64. The summed E-state index contributed by atoms with van der Waals surface area (Å²) in [6, 6.07) is 0. The first-order chi connectivity index (χ1) is 8.99. The van der Waals surface area contributed by atoms with Crippen molar-refractivity contribution in [3.05, 3.63) is 0 Å². The topological polar surface area (TPSA) is 44.7 Å². The Morgan fingerprint density at radius 1 is 1.47 bits per heavy atom. The Kier molecular flexibility index (Phi) is 7.29. The largest absolute Gasteiger partial charge is 0.394 e. The molecule has 19 heavy (non-hydrogen) atoms. The summed E-state index contributed by atoms with van der Waals surface area (Å²) in [6.07, 6.45) is 1.16. The van der Waals surface area contributed by atoms with Crippen LogP contribution in [0.15, 0.2) is 0 Å². The molecular weight excluding hydrogens is 240 g/mol. The minimum Gasteiger partial charge on any atom is -0.394 e. The Balaban J connectivity index is 2.40. The fourth-order valence-corrected chi connectivity index (χ4v) is 2.53. The fourth-order valence-electron chi connectivity index (χ4n) is 2.53. The van der Waals surface area contributed by atoms with Crippen molar-refractivity contribution in [2.45, 2.75) is 40.2 Å². The predicted octanol–water partition coefficient (Wildman–Crippen LogP) is 1.34. The van der Waals surface area contributed by atoms with Gasteiger partial charge in [-0.15, -0.1) is 0 Å². The van der Waals surface area contributed by atoms with E-state index in [0.717, 1.165) is 39.3 Å². The number of nitrogens with zero attached hydrogens (tertiary/aromatic N) is 1. The van der Waals surface area contributed by atoms with Gasteiger partial charge in [-0.1, -0.05) is 27.7 Å². The van der Waals surface area contributed by atoms with Crippen molar-refractivity contribution >= 4 is 0 Å². The summed E-state index contributed by atoms with van der Waals surface area (Å²) in [5, 5.41) is 12.8. The monoisotopic (exact) mass is 272 g/mol. The second kappa shape index (κ2) is 8.20. The molecule has 2 unspecified atom stereocenters. The molecule has 0 amide bonds. The average Bonchev–Trinajstić information content (AvgIpc) is 2.38. The molecule has 0 aromatic carbocycles. The van der Waals surface area contributed by atoms with E-state index in [1.165, 1.54) is 6.42 Å². The highest BCUT2D eigenvalue weighted by molar-refractivity contribution is 4.82. The molecule has 0 spiro atoms. The molecule has 2 atom stereocenters. The summed E-state index contributed by atoms with van der Waals surface area (Å²) < 4.78 is 5.51. The van der Waals surface area contributed by atoms with Crippen molar-refractivity contribution in [1.29, 1.82) is 0 Å². The summed E-state index contributed by atoms with van der Waals surface area (Å²) in [7, 11) is 0. The predicted molar refractivity (Wildman–Crippen MR) is 79.4 cm³/mol. The second-order valence-corrected chi connectivity index (χ2v) is 6.60. The van der Waals surface area contributed by atoms with E-state index >= 15 is 0 Å². The van der Waals surface area contributed by atoms with Gasteiger partial charge in [0, 0.05) is 26.2 Å². The van der Waals surface area contributed by atoms with Crippen LogP contribution in [0.4, 0.5) is 0 Å². The normalized spacial score (nSPS) is 24.6. The van der Waals surface area contributed by atoms with Crippen LogP contribution in [-0.4, -0.2) is 62.0 Å². The van der Waals surface area contributed by atoms with Crippen molar-refractivity contribution in [2.75, 3.05) is 45.9 Å². The molecule has 4 nitrogen and oxygen atoms in total. The van der Waals surface area contributed by atoms with Gasteiger partial charge in [-0.25, -0.2) is 0 Å². The lowest BCUT2D eigenvalue weighted by Gasteiger charge is -2.39. The van der Waals surface area contributed by atoms with E-state index in [4.69, 9.17) is 4.74 Å². The highest BCUT2D eigenvalue weighted by Gasteiger charge is 2.28. The van der Waals surface area contributed by atoms with E-state index in [9.17, 15) is 5.11 Å². The maximum absolute atomic E-state index is 9.20. The summed E-state index contributed by atoms with van der Waals surface area (Å²) in [5.41, 5.74) is 0.298. The second-order valence-electron chi connectivity index (χ2n) is 6.60. The van der Waals surface area contributed by atoms with Crippen LogP contribution in [0.5, 0.6) is 0 Å². The molecule has 0 aromatic rings. The third-order valence-electron chi connectivity index (χ3n) is 3.99. The van der Waals surface area contributed by atoms with Crippen LogP contribution in [-0.2, 0) is 4.74 Å². The molecule has 1 fully saturated rings. The van der Waals surface area contributed by atoms with E-state index in [-0.39, 0.29) is 12.7 Å². The molecule has 114 valence electrons. The molecular formula is C15H32N2O2. The van der Waals surface area contributed by atoms with E-state index in [0.29, 0.717) is 11.3 Å². The van der Waals surface area contributed by atoms with E-state index < -0.39 is 0 Å². The number of ether oxygens (including phenoxy) is 1. The fraction of sp³-hybridized carbons (Fsp3) is 1.00. The van der Waals surface area contributed by atoms with Gasteiger partial charge < -0.3 is 15.2 Å². The van der Waals surface area contributed by atoms with Crippen molar-refractivity contribution in [1.82, 2.24) is 10.2 Å². The number of rotatable bonds is 8. The molecule has 1 aliphatic rings. The van der Waals surface area contributed by atoms with Gasteiger partial charge in [0.05, 0.1) is 19.3 Å². The Labute approximate surface area is 118 Å². The van der Waals surface area contributed by atoms with Crippen LogP contribution in [0.3, 0.4) is 0 Å². The lowest BCUT2D eigenvalue weighted by Crippen LogP contribution is -2.50. The van der Waals surface area contributed by atoms with Crippen LogP contribution < -0.4 is 5.32 Å². The zero-order chi connectivity index (χ0) is 14.3.